The fraction of sp³-hybridized carbons (Fsp3) is 1.00. The minimum absolute atomic E-state index is 0. The van der Waals surface area contributed by atoms with Crippen LogP contribution in [0.15, 0.2) is 0 Å². The van der Waals surface area contributed by atoms with E-state index in [1.807, 2.05) is 0 Å². The normalized spacial score (nSPS) is 7.20. The molecule has 0 unspecified atom stereocenters. The summed E-state index contributed by atoms with van der Waals surface area (Å²) in [7, 11) is 0. The molecule has 4 heteroatoms. The van der Waals surface area contributed by atoms with Crippen molar-refractivity contribution in [3.8, 4) is 0 Å². The Morgan fingerprint density at radius 3 is 1.00 bits per heavy atom. The van der Waals surface area contributed by atoms with Gasteiger partial charge in [-0.3, -0.25) is 0 Å². The van der Waals surface area contributed by atoms with E-state index in [-0.39, 0.29) is 22.4 Å². The van der Waals surface area contributed by atoms with Gasteiger partial charge < -0.3 is 0 Å². The first kappa shape index (κ1) is 9.79. The minimum atomic E-state index is -0.750. The minimum Gasteiger partial charge on any atom is -0.0874 e. The van der Waals surface area contributed by atoms with Crippen molar-refractivity contribution in [2.24, 2.45) is 0 Å². The second-order valence-electron chi connectivity index (χ2n) is 0.247. The molecule has 0 spiro atoms. The Kier molecular flexibility index (Phi) is 11.0. The van der Waals surface area contributed by atoms with Gasteiger partial charge in [-0.2, -0.15) is 0 Å². The van der Waals surface area contributed by atoms with Crippen molar-refractivity contribution < 1.29 is 22.4 Å². The molecule has 0 saturated heterocycles. The zero-order chi connectivity index (χ0) is 3.58. The van der Waals surface area contributed by atoms with Crippen LogP contribution in [0.25, 0.3) is 0 Å². The Balaban J connectivity index is 0. The molecule has 0 aliphatic rings. The fourth-order valence-electron chi connectivity index (χ4n) is 0. The third-order valence-electron chi connectivity index (χ3n) is 0. The zero-order valence-electron chi connectivity index (χ0n) is 2.16. The van der Waals surface area contributed by atoms with E-state index in [9.17, 15) is 0 Å². The second kappa shape index (κ2) is 5.61. The predicted molar refractivity (Wildman–Crippen MR) is 21.3 cm³/mol. The molecule has 0 amide bonds. The molecular weight excluding hydrogens is 299 g/mol. The summed E-state index contributed by atoms with van der Waals surface area (Å²) in [6.45, 7) is 0. The Hall–Kier alpha value is 1.61. The maximum Gasteiger partial charge on any atom is 0.180 e. The molecule has 0 saturated carbocycles. The molecule has 1 radical (unpaired) electrons. The Morgan fingerprint density at radius 1 is 1.00 bits per heavy atom. The Bertz CT molecular complexity index is 11.6. The topological polar surface area (TPSA) is 0 Å². The molecule has 0 aliphatic heterocycles. The van der Waals surface area contributed by atoms with Crippen LogP contribution in [0.2, 0.25) is 0 Å². The number of hydrogen-bond acceptors (Lipinski definition) is 0. The summed E-state index contributed by atoms with van der Waals surface area (Å²) in [6, 6.07) is 0. The first-order valence-electron chi connectivity index (χ1n) is 0.655. The van der Waals surface area contributed by atoms with E-state index in [4.69, 9.17) is 34.8 Å². The van der Waals surface area contributed by atoms with Crippen molar-refractivity contribution >= 4 is 34.8 Å². The number of alkyl halides is 3. The summed E-state index contributed by atoms with van der Waals surface area (Å²) in [4.78, 5) is 0. The van der Waals surface area contributed by atoms with E-state index in [1.165, 1.54) is 0 Å². The molecule has 0 aromatic heterocycles. The van der Waals surface area contributed by atoms with Gasteiger partial charge in [0.2, 0.25) is 0 Å². The Labute approximate surface area is 61.3 Å². The van der Waals surface area contributed by atoms with Gasteiger partial charge in [0, 0.05) is 22.4 Å². The average Bonchev–Trinajstić information content (AvgIpc) is 0.811. The largest absolute Gasteiger partial charge is 0.180 e. The molecule has 0 aromatic carbocycles. The molecule has 5 heavy (non-hydrogen) atoms. The molecule has 0 aliphatic carbocycles. The fourth-order valence-corrected chi connectivity index (χ4v) is 0. The molecule has 0 nitrogen and oxygen atoms in total. The van der Waals surface area contributed by atoms with Crippen molar-refractivity contribution in [1.29, 1.82) is 0 Å². The summed E-state index contributed by atoms with van der Waals surface area (Å²) in [5.41, 5.74) is 0. The van der Waals surface area contributed by atoms with E-state index in [0.29, 0.717) is 0 Å². The third-order valence-corrected chi connectivity index (χ3v) is 0. The smallest absolute Gasteiger partial charge is 0.0874 e. The molecule has 0 N–H and O–H groups in total. The van der Waals surface area contributed by atoms with Crippen LogP contribution in [0.1, 0.15) is 0 Å². The van der Waals surface area contributed by atoms with Crippen LogP contribution >= 0.6 is 34.8 Å². The van der Waals surface area contributed by atoms with Gasteiger partial charge in [0.25, 0.3) is 0 Å². The van der Waals surface area contributed by atoms with Gasteiger partial charge in [0.1, 0.15) is 0 Å². The maximum atomic E-state index is 4.81. The second-order valence-corrected chi connectivity index (χ2v) is 2.23. The summed E-state index contributed by atoms with van der Waals surface area (Å²) in [5, 5.41) is 0. The van der Waals surface area contributed by atoms with Gasteiger partial charge in [-0.1, -0.05) is 34.8 Å². The van der Waals surface area contributed by atoms with E-state index in [2.05, 4.69) is 0 Å². The SMILES string of the molecule is ClC(Cl)Cl.[Ta]. The van der Waals surface area contributed by atoms with Gasteiger partial charge in [-0.05, 0) is 0 Å². The predicted octanol–water partition coefficient (Wildman–Crippen LogP) is 1.98. The maximum absolute atomic E-state index is 4.81. The number of rotatable bonds is 0. The van der Waals surface area contributed by atoms with Crippen LogP contribution in [0.3, 0.4) is 0 Å². The van der Waals surface area contributed by atoms with Crippen LogP contribution in [0, 0.1) is 0 Å². The quantitative estimate of drug-likeness (QED) is 0.600. The van der Waals surface area contributed by atoms with E-state index < -0.39 is 4.30 Å². The van der Waals surface area contributed by atoms with Gasteiger partial charge in [-0.25, -0.2) is 0 Å². The monoisotopic (exact) mass is 299 g/mol. The van der Waals surface area contributed by atoms with Crippen molar-refractivity contribution in [2.75, 3.05) is 0 Å². The van der Waals surface area contributed by atoms with Gasteiger partial charge in [-0.15, -0.1) is 0 Å². The van der Waals surface area contributed by atoms with E-state index >= 15 is 0 Å². The summed E-state index contributed by atoms with van der Waals surface area (Å²) >= 11 is 14.4. The van der Waals surface area contributed by atoms with Crippen LogP contribution in [0.5, 0.6) is 0 Å². The number of halogens is 3. The van der Waals surface area contributed by atoms with Gasteiger partial charge in [0.15, 0.2) is 4.30 Å². The molecule has 31 valence electrons. The van der Waals surface area contributed by atoms with Crippen molar-refractivity contribution in [3.63, 3.8) is 0 Å². The van der Waals surface area contributed by atoms with Gasteiger partial charge in [0.05, 0.1) is 0 Å². The first-order valence-corrected chi connectivity index (χ1v) is 1.96. The molecule has 0 heterocycles. The van der Waals surface area contributed by atoms with Gasteiger partial charge >= 0.3 is 0 Å². The van der Waals surface area contributed by atoms with Crippen molar-refractivity contribution in [2.45, 2.75) is 4.30 Å². The van der Waals surface area contributed by atoms with Crippen LogP contribution in [-0.2, 0) is 22.4 Å². The first-order chi connectivity index (χ1) is 1.73. The van der Waals surface area contributed by atoms with E-state index in [1.54, 1.807) is 0 Å². The molecule has 0 fully saturated rings. The van der Waals surface area contributed by atoms with Crippen LogP contribution in [0.4, 0.5) is 0 Å². The van der Waals surface area contributed by atoms with Crippen LogP contribution in [-0.4, -0.2) is 4.30 Å². The van der Waals surface area contributed by atoms with Crippen molar-refractivity contribution in [1.82, 2.24) is 0 Å². The Morgan fingerprint density at radius 2 is 1.00 bits per heavy atom. The summed E-state index contributed by atoms with van der Waals surface area (Å²) in [5.74, 6) is 0. The molecule has 0 rings (SSSR count). The van der Waals surface area contributed by atoms with Crippen molar-refractivity contribution in [3.05, 3.63) is 0 Å². The van der Waals surface area contributed by atoms with Crippen LogP contribution < -0.4 is 0 Å². The number of hydrogen-bond donors (Lipinski definition) is 0. The molecular formula is CHCl3Ta. The molecule has 0 atom stereocenters. The molecule has 0 bridgehead atoms. The molecule has 0 aromatic rings. The summed E-state index contributed by atoms with van der Waals surface area (Å²) in [6.07, 6.45) is 0. The zero-order valence-corrected chi connectivity index (χ0v) is 7.64. The summed E-state index contributed by atoms with van der Waals surface area (Å²) < 4.78 is -0.750. The van der Waals surface area contributed by atoms with E-state index in [0.717, 1.165) is 0 Å². The third kappa shape index (κ3) is 28.2. The average molecular weight is 300 g/mol. The standard InChI is InChI=1S/CHCl3.Ta/c2-1(3)4;/h1H;.